The van der Waals surface area contributed by atoms with Gasteiger partial charge in [-0.2, -0.15) is 0 Å². The lowest BCUT2D eigenvalue weighted by Gasteiger charge is -2.49. The van der Waals surface area contributed by atoms with E-state index in [1.54, 1.807) is 6.92 Å². The molecule has 1 saturated heterocycles. The highest BCUT2D eigenvalue weighted by molar-refractivity contribution is 5.87. The fourth-order valence-electron chi connectivity index (χ4n) is 4.64. The Morgan fingerprint density at radius 1 is 1.08 bits per heavy atom. The third kappa shape index (κ3) is 3.38. The smallest absolute Gasteiger partial charge is 0.223 e. The highest BCUT2D eigenvalue weighted by Crippen LogP contribution is 2.51. The molecule has 136 valence electrons. The van der Waals surface area contributed by atoms with E-state index in [1.165, 1.54) is 12.8 Å². The molecule has 0 unspecified atom stereocenters. The van der Waals surface area contributed by atoms with Gasteiger partial charge >= 0.3 is 0 Å². The first-order chi connectivity index (χ1) is 11.3. The van der Waals surface area contributed by atoms with Crippen LogP contribution in [0.25, 0.3) is 0 Å². The molecule has 0 radical (unpaired) electrons. The molecule has 5 nitrogen and oxygen atoms in total. The van der Waals surface area contributed by atoms with Crippen molar-refractivity contribution in [3.05, 3.63) is 0 Å². The van der Waals surface area contributed by atoms with Crippen LogP contribution >= 0.6 is 0 Å². The van der Waals surface area contributed by atoms with Crippen molar-refractivity contribution in [2.24, 2.45) is 17.3 Å². The summed E-state index contributed by atoms with van der Waals surface area (Å²) in [4.78, 5) is 24.1. The predicted molar refractivity (Wildman–Crippen MR) is 90.3 cm³/mol. The minimum atomic E-state index is -0.401. The van der Waals surface area contributed by atoms with Crippen LogP contribution in [0, 0.1) is 17.3 Å². The largest absolute Gasteiger partial charge is 0.353 e. The Hall–Kier alpha value is -0.940. The van der Waals surface area contributed by atoms with E-state index >= 15 is 0 Å². The lowest BCUT2D eigenvalue weighted by Crippen LogP contribution is -2.55. The van der Waals surface area contributed by atoms with Gasteiger partial charge in [-0.05, 0) is 31.6 Å². The maximum Gasteiger partial charge on any atom is 0.223 e. The summed E-state index contributed by atoms with van der Waals surface area (Å²) in [6.07, 6.45) is 7.36. The Kier molecular flexibility index (Phi) is 5.03. The molecule has 3 rings (SSSR count). The Bertz CT molecular complexity index is 494. The third-order valence-corrected chi connectivity index (χ3v) is 6.36. The van der Waals surface area contributed by atoms with Gasteiger partial charge in [-0.3, -0.25) is 9.59 Å². The highest BCUT2D eigenvalue weighted by atomic mass is 16.7. The minimum Gasteiger partial charge on any atom is -0.353 e. The lowest BCUT2D eigenvalue weighted by molar-refractivity contribution is -0.176. The SMILES string of the molecule is CC(=O)[C@@H]1C[C@H](C(=O)NC[C@H]2COC3(CCCCCC3)O2)C1(C)C. The van der Waals surface area contributed by atoms with Gasteiger partial charge in [-0.25, -0.2) is 0 Å². The van der Waals surface area contributed by atoms with Crippen LogP contribution in [-0.2, 0) is 19.1 Å². The molecular weight excluding hydrogens is 306 g/mol. The molecular formula is C19H31NO4. The topological polar surface area (TPSA) is 64.6 Å². The number of rotatable bonds is 4. The number of nitrogens with one attached hydrogen (secondary N) is 1. The molecule has 5 heteroatoms. The number of carbonyl (C=O) groups is 2. The predicted octanol–water partition coefficient (Wildman–Crippen LogP) is 2.82. The number of amides is 1. The van der Waals surface area contributed by atoms with Gasteiger partial charge in [-0.1, -0.05) is 26.7 Å². The summed E-state index contributed by atoms with van der Waals surface area (Å²) in [5, 5.41) is 3.02. The Morgan fingerprint density at radius 3 is 2.33 bits per heavy atom. The summed E-state index contributed by atoms with van der Waals surface area (Å²) < 4.78 is 12.2. The van der Waals surface area contributed by atoms with E-state index in [2.05, 4.69) is 5.32 Å². The van der Waals surface area contributed by atoms with Crippen LogP contribution in [0.15, 0.2) is 0 Å². The number of hydrogen-bond donors (Lipinski definition) is 1. The van der Waals surface area contributed by atoms with Gasteiger partial charge in [-0.15, -0.1) is 0 Å². The van der Waals surface area contributed by atoms with Crippen molar-refractivity contribution in [2.45, 2.75) is 77.6 Å². The summed E-state index contributed by atoms with van der Waals surface area (Å²) in [6, 6.07) is 0. The van der Waals surface area contributed by atoms with Crippen molar-refractivity contribution in [3.63, 3.8) is 0 Å². The quantitative estimate of drug-likeness (QED) is 0.857. The van der Waals surface area contributed by atoms with Crippen LogP contribution in [0.4, 0.5) is 0 Å². The maximum absolute atomic E-state index is 12.5. The summed E-state index contributed by atoms with van der Waals surface area (Å²) in [7, 11) is 0. The van der Waals surface area contributed by atoms with E-state index in [-0.39, 0.29) is 35.0 Å². The van der Waals surface area contributed by atoms with Crippen LogP contribution in [0.3, 0.4) is 0 Å². The van der Waals surface area contributed by atoms with Gasteiger partial charge in [0.2, 0.25) is 5.91 Å². The van der Waals surface area contributed by atoms with Crippen molar-refractivity contribution >= 4 is 11.7 Å². The molecule has 1 N–H and O–H groups in total. The summed E-state index contributed by atoms with van der Waals surface area (Å²) >= 11 is 0. The van der Waals surface area contributed by atoms with Crippen LogP contribution in [0.5, 0.6) is 0 Å². The monoisotopic (exact) mass is 337 g/mol. The molecule has 0 bridgehead atoms. The number of hydrogen-bond acceptors (Lipinski definition) is 4. The van der Waals surface area contributed by atoms with E-state index in [0.29, 0.717) is 19.6 Å². The first kappa shape index (κ1) is 17.9. The molecule has 2 aliphatic carbocycles. The maximum atomic E-state index is 12.5. The molecule has 3 atom stereocenters. The summed E-state index contributed by atoms with van der Waals surface area (Å²) in [5.74, 6) is -0.245. The molecule has 0 aromatic heterocycles. The second kappa shape index (κ2) is 6.75. The van der Waals surface area contributed by atoms with Gasteiger partial charge in [0.25, 0.3) is 0 Å². The van der Waals surface area contributed by atoms with E-state index in [9.17, 15) is 9.59 Å². The second-order valence-corrected chi connectivity index (χ2v) is 8.39. The minimum absolute atomic E-state index is 0.00794. The molecule has 0 aromatic carbocycles. The van der Waals surface area contributed by atoms with Crippen molar-refractivity contribution in [2.75, 3.05) is 13.2 Å². The first-order valence-electron chi connectivity index (χ1n) is 9.44. The van der Waals surface area contributed by atoms with Crippen molar-refractivity contribution in [1.29, 1.82) is 0 Å². The number of Topliss-reactive ketones (excluding diaryl/α,β-unsaturated/α-hetero) is 1. The van der Waals surface area contributed by atoms with E-state index in [0.717, 1.165) is 25.7 Å². The molecule has 1 heterocycles. The molecule has 2 saturated carbocycles. The second-order valence-electron chi connectivity index (χ2n) is 8.39. The lowest BCUT2D eigenvalue weighted by atomic mass is 9.53. The molecule has 0 aromatic rings. The first-order valence-corrected chi connectivity index (χ1v) is 9.44. The van der Waals surface area contributed by atoms with E-state index < -0.39 is 5.79 Å². The van der Waals surface area contributed by atoms with Crippen molar-refractivity contribution < 1.29 is 19.1 Å². The van der Waals surface area contributed by atoms with Crippen molar-refractivity contribution in [1.82, 2.24) is 5.32 Å². The third-order valence-electron chi connectivity index (χ3n) is 6.36. The van der Waals surface area contributed by atoms with Gasteiger partial charge < -0.3 is 14.8 Å². The van der Waals surface area contributed by atoms with Crippen LogP contribution in [0.1, 0.15) is 65.7 Å². The van der Waals surface area contributed by atoms with Crippen LogP contribution in [0.2, 0.25) is 0 Å². The van der Waals surface area contributed by atoms with E-state index in [4.69, 9.17) is 9.47 Å². The molecule has 24 heavy (non-hydrogen) atoms. The molecule has 3 aliphatic rings. The van der Waals surface area contributed by atoms with Crippen LogP contribution < -0.4 is 5.32 Å². The zero-order valence-electron chi connectivity index (χ0n) is 15.2. The molecule has 1 aliphatic heterocycles. The zero-order valence-corrected chi connectivity index (χ0v) is 15.2. The molecule has 1 spiro atoms. The van der Waals surface area contributed by atoms with Gasteiger partial charge in [0, 0.05) is 31.2 Å². The number of ether oxygens (including phenoxy) is 2. The van der Waals surface area contributed by atoms with Crippen molar-refractivity contribution in [3.8, 4) is 0 Å². The highest BCUT2D eigenvalue weighted by Gasteiger charge is 2.53. The summed E-state index contributed by atoms with van der Waals surface area (Å²) in [6.45, 7) is 6.71. The Labute approximate surface area is 144 Å². The van der Waals surface area contributed by atoms with Gasteiger partial charge in [0.1, 0.15) is 11.9 Å². The fraction of sp³-hybridized carbons (Fsp3) is 0.895. The average Bonchev–Trinajstić information content (AvgIpc) is 2.75. The number of carbonyl (C=O) groups excluding carboxylic acids is 2. The Morgan fingerprint density at radius 2 is 1.75 bits per heavy atom. The average molecular weight is 337 g/mol. The van der Waals surface area contributed by atoms with Crippen LogP contribution in [-0.4, -0.2) is 36.7 Å². The molecule has 1 amide bonds. The molecule has 3 fully saturated rings. The van der Waals surface area contributed by atoms with Gasteiger partial charge in [0.05, 0.1) is 6.61 Å². The number of ketones is 1. The van der Waals surface area contributed by atoms with E-state index in [1.807, 2.05) is 13.8 Å². The van der Waals surface area contributed by atoms with Gasteiger partial charge in [0.15, 0.2) is 5.79 Å². The standard InChI is InChI=1S/C19H31NO4/c1-13(21)15-10-16(18(15,2)3)17(22)20-11-14-12-23-19(24-14)8-6-4-5-7-9-19/h14-16H,4-12H2,1-3H3,(H,20,22)/t14-,15-,16+/m0/s1. The Balaban J connectivity index is 1.47. The summed E-state index contributed by atoms with van der Waals surface area (Å²) in [5.41, 5.74) is -0.245. The fourth-order valence-corrected chi connectivity index (χ4v) is 4.64. The zero-order chi connectivity index (χ0) is 17.4. The normalized spacial score (nSPS) is 34.4.